The Labute approximate surface area is 243 Å². The highest BCUT2D eigenvalue weighted by Crippen LogP contribution is 2.40. The minimum atomic E-state index is -3.29. The summed E-state index contributed by atoms with van der Waals surface area (Å²) in [5, 5.41) is 12.8. The second kappa shape index (κ2) is 14.7. The second-order valence-corrected chi connectivity index (χ2v) is 14.1. The van der Waals surface area contributed by atoms with Crippen LogP contribution < -0.4 is 5.32 Å². The van der Waals surface area contributed by atoms with Crippen molar-refractivity contribution in [1.29, 1.82) is 0 Å². The molecule has 0 aromatic heterocycles. The molecule has 226 valence electrons. The number of hydrogen-bond donors (Lipinski definition) is 2. The highest BCUT2D eigenvalue weighted by atomic mass is 32.2. The Balaban J connectivity index is 1.17. The first-order valence-electron chi connectivity index (χ1n) is 15.2. The van der Waals surface area contributed by atoms with Gasteiger partial charge in [0.05, 0.1) is 11.0 Å². The lowest BCUT2D eigenvalue weighted by atomic mass is 9.89. The molecular formula is C33H44F3NO3S. The number of sulfone groups is 1. The smallest absolute Gasteiger partial charge is 0.248 e. The number of phenols is 1. The summed E-state index contributed by atoms with van der Waals surface area (Å²) in [4.78, 5) is 0. The summed E-state index contributed by atoms with van der Waals surface area (Å²) < 4.78 is 65.2. The van der Waals surface area contributed by atoms with Crippen molar-refractivity contribution in [3.8, 4) is 5.75 Å². The van der Waals surface area contributed by atoms with Gasteiger partial charge in [-0.25, -0.2) is 21.6 Å². The van der Waals surface area contributed by atoms with E-state index >= 15 is 0 Å². The highest BCUT2D eigenvalue weighted by molar-refractivity contribution is 7.92. The van der Waals surface area contributed by atoms with Gasteiger partial charge in [-0.05, 0) is 129 Å². The van der Waals surface area contributed by atoms with Gasteiger partial charge in [-0.15, -0.1) is 0 Å². The van der Waals surface area contributed by atoms with E-state index in [2.05, 4.69) is 5.32 Å². The Morgan fingerprint density at radius 3 is 2.29 bits per heavy atom. The van der Waals surface area contributed by atoms with Crippen LogP contribution in [0.3, 0.4) is 0 Å². The van der Waals surface area contributed by atoms with Gasteiger partial charge in [0.15, 0.2) is 9.84 Å². The van der Waals surface area contributed by atoms with Crippen LogP contribution in [-0.4, -0.2) is 43.5 Å². The third kappa shape index (κ3) is 9.34. The summed E-state index contributed by atoms with van der Waals surface area (Å²) in [6, 6.07) is 12.4. The first-order valence-corrected chi connectivity index (χ1v) is 17.0. The molecule has 2 aliphatic carbocycles. The maximum absolute atomic E-state index is 13.6. The lowest BCUT2D eigenvalue weighted by Gasteiger charge is -2.27. The van der Waals surface area contributed by atoms with E-state index in [9.17, 15) is 26.7 Å². The number of alkyl halides is 2. The van der Waals surface area contributed by atoms with Crippen LogP contribution in [0.4, 0.5) is 13.2 Å². The number of hydrogen-bond acceptors (Lipinski definition) is 4. The van der Waals surface area contributed by atoms with Gasteiger partial charge in [-0.3, -0.25) is 0 Å². The molecule has 0 atom stereocenters. The van der Waals surface area contributed by atoms with Crippen molar-refractivity contribution in [2.75, 3.05) is 18.8 Å². The minimum absolute atomic E-state index is 0.0779. The molecule has 0 unspecified atom stereocenters. The summed E-state index contributed by atoms with van der Waals surface area (Å²) >= 11 is 0. The van der Waals surface area contributed by atoms with Crippen molar-refractivity contribution < 1.29 is 26.7 Å². The summed E-state index contributed by atoms with van der Waals surface area (Å²) in [5.74, 6) is -2.56. The number of nitrogens with one attached hydrogen (secondary N) is 1. The zero-order valence-corrected chi connectivity index (χ0v) is 24.8. The predicted molar refractivity (Wildman–Crippen MR) is 160 cm³/mol. The molecule has 0 bridgehead atoms. The third-order valence-electron chi connectivity index (χ3n) is 8.58. The molecule has 1 fully saturated rings. The molecular weight excluding hydrogens is 547 g/mol. The summed E-state index contributed by atoms with van der Waals surface area (Å²) in [5.41, 5.74) is 6.03. The van der Waals surface area contributed by atoms with Gasteiger partial charge in [0.2, 0.25) is 5.92 Å². The van der Waals surface area contributed by atoms with E-state index in [1.165, 1.54) is 34.4 Å². The van der Waals surface area contributed by atoms with E-state index in [-0.39, 0.29) is 37.3 Å². The molecule has 2 aromatic rings. The molecule has 2 aliphatic rings. The fourth-order valence-electron chi connectivity index (χ4n) is 6.23. The van der Waals surface area contributed by atoms with Crippen molar-refractivity contribution in [3.63, 3.8) is 0 Å². The largest absolute Gasteiger partial charge is 0.508 e. The average molecular weight is 592 g/mol. The third-order valence-corrected chi connectivity index (χ3v) is 10.9. The van der Waals surface area contributed by atoms with Crippen LogP contribution in [-0.2, 0) is 16.3 Å². The van der Waals surface area contributed by atoms with Gasteiger partial charge in [-0.1, -0.05) is 31.0 Å². The van der Waals surface area contributed by atoms with E-state index in [4.69, 9.17) is 0 Å². The quantitative estimate of drug-likeness (QED) is 0.218. The number of phenolic OH excluding ortho intramolecular Hbond substituents is 1. The molecule has 0 saturated heterocycles. The lowest BCUT2D eigenvalue weighted by molar-refractivity contribution is -0.0328. The molecule has 1 saturated carbocycles. The number of fused-ring (bicyclic) bond motifs is 1. The second-order valence-electron chi connectivity index (χ2n) is 11.7. The van der Waals surface area contributed by atoms with Crippen LogP contribution in [0.15, 0.2) is 42.5 Å². The molecule has 0 radical (unpaired) electrons. The predicted octanol–water partition coefficient (Wildman–Crippen LogP) is 8.09. The molecule has 8 heteroatoms. The zero-order valence-electron chi connectivity index (χ0n) is 23.9. The number of aryl methyl sites for hydroxylation is 1. The Morgan fingerprint density at radius 2 is 1.56 bits per heavy atom. The number of benzene rings is 2. The van der Waals surface area contributed by atoms with E-state index in [0.717, 1.165) is 76.4 Å². The van der Waals surface area contributed by atoms with Crippen molar-refractivity contribution in [2.24, 2.45) is 0 Å². The minimum Gasteiger partial charge on any atom is -0.508 e. The van der Waals surface area contributed by atoms with Gasteiger partial charge in [-0.2, -0.15) is 0 Å². The summed E-state index contributed by atoms with van der Waals surface area (Å²) in [7, 11) is -3.29. The van der Waals surface area contributed by atoms with E-state index in [0.29, 0.717) is 12.2 Å². The average Bonchev–Trinajstić information content (AvgIpc) is 3.10. The molecule has 0 aliphatic heterocycles. The zero-order chi connectivity index (χ0) is 29.3. The maximum atomic E-state index is 13.6. The maximum Gasteiger partial charge on any atom is 0.248 e. The Hall–Kier alpha value is -2.32. The number of unbranched alkanes of at least 4 members (excludes halogenated alkanes) is 4. The molecule has 2 aromatic carbocycles. The van der Waals surface area contributed by atoms with Crippen molar-refractivity contribution >= 4 is 21.0 Å². The normalized spacial score (nSPS) is 17.8. The van der Waals surface area contributed by atoms with Crippen LogP contribution in [0.2, 0.25) is 0 Å². The monoisotopic (exact) mass is 591 g/mol. The SMILES string of the molecule is O=S(=O)(CCCCNCCCCCCC1=C(c2ccc(F)cc2)CCCc2cc(O)ccc21)C1CCC(F)(F)CC1. The summed E-state index contributed by atoms with van der Waals surface area (Å²) in [6.45, 7) is 1.64. The molecule has 0 amide bonds. The standard InChI is InChI=1S/C33H44F3NO3S/c34-27-13-11-25(12-14-27)30-10-7-8-26-24-28(38)15-16-31(26)32(30)9-3-1-2-4-21-37-22-5-6-23-41(39,40)29-17-19-33(35,36)20-18-29/h11-16,24,29,37-38H,1-10,17-23H2. The van der Waals surface area contributed by atoms with Crippen LogP contribution in [0, 0.1) is 5.82 Å². The number of rotatable bonds is 14. The molecule has 41 heavy (non-hydrogen) atoms. The number of aromatic hydroxyl groups is 1. The topological polar surface area (TPSA) is 66.4 Å². The first-order chi connectivity index (χ1) is 19.6. The van der Waals surface area contributed by atoms with Crippen LogP contribution in [0.25, 0.3) is 11.1 Å². The van der Waals surface area contributed by atoms with Crippen LogP contribution >= 0.6 is 0 Å². The fraction of sp³-hybridized carbons (Fsp3) is 0.576. The van der Waals surface area contributed by atoms with Gasteiger partial charge in [0.1, 0.15) is 11.6 Å². The Kier molecular flexibility index (Phi) is 11.4. The molecule has 0 spiro atoms. The van der Waals surface area contributed by atoms with E-state index < -0.39 is 21.0 Å². The van der Waals surface area contributed by atoms with Crippen molar-refractivity contribution in [3.05, 3.63) is 65.0 Å². The molecule has 4 rings (SSSR count). The van der Waals surface area contributed by atoms with Gasteiger partial charge in [0, 0.05) is 12.8 Å². The van der Waals surface area contributed by atoms with Crippen LogP contribution in [0.5, 0.6) is 5.75 Å². The first kappa shape index (κ1) is 31.6. The van der Waals surface area contributed by atoms with E-state index in [1.54, 1.807) is 6.07 Å². The van der Waals surface area contributed by atoms with Gasteiger partial charge < -0.3 is 10.4 Å². The van der Waals surface area contributed by atoms with E-state index in [1.807, 2.05) is 24.3 Å². The van der Waals surface area contributed by atoms with Gasteiger partial charge in [0.25, 0.3) is 0 Å². The molecule has 2 N–H and O–H groups in total. The Bertz CT molecular complexity index is 1270. The van der Waals surface area contributed by atoms with Crippen molar-refractivity contribution in [1.82, 2.24) is 5.32 Å². The van der Waals surface area contributed by atoms with Crippen LogP contribution in [0.1, 0.15) is 100 Å². The fourth-order valence-corrected chi connectivity index (χ4v) is 8.12. The lowest BCUT2D eigenvalue weighted by Crippen LogP contribution is -2.33. The number of halogens is 3. The number of allylic oxidation sites excluding steroid dienone is 2. The highest BCUT2D eigenvalue weighted by Gasteiger charge is 2.39. The van der Waals surface area contributed by atoms with Crippen molar-refractivity contribution in [2.45, 2.75) is 101 Å². The molecule has 4 nitrogen and oxygen atoms in total. The summed E-state index contributed by atoms with van der Waals surface area (Å²) in [6.07, 6.45) is 8.89. The molecule has 0 heterocycles. The Morgan fingerprint density at radius 1 is 0.878 bits per heavy atom. The van der Waals surface area contributed by atoms with Gasteiger partial charge >= 0.3 is 0 Å².